The smallest absolute Gasteiger partial charge is 0.296 e. The van der Waals surface area contributed by atoms with Crippen molar-refractivity contribution in [1.29, 1.82) is 0 Å². The predicted molar refractivity (Wildman–Crippen MR) is 63.8 cm³/mol. The Hall–Kier alpha value is -1.11. The van der Waals surface area contributed by atoms with E-state index in [4.69, 9.17) is 0 Å². The second-order valence-corrected chi connectivity index (χ2v) is 7.42. The lowest BCUT2D eigenvalue weighted by Gasteiger charge is -2.16. The van der Waals surface area contributed by atoms with Gasteiger partial charge in [0.25, 0.3) is 0 Å². The lowest BCUT2D eigenvalue weighted by Crippen LogP contribution is -2.25. The molecule has 7 heteroatoms. The number of rotatable bonds is 4. The first-order chi connectivity index (χ1) is 7.61. The molecule has 1 aromatic heterocycles. The Morgan fingerprint density at radius 3 is 2.41 bits per heavy atom. The normalized spacial score (nSPS) is 12.9. The molecule has 0 unspecified atom stereocenters. The van der Waals surface area contributed by atoms with Crippen LogP contribution in [0.15, 0.2) is 9.32 Å². The standard InChI is InChI=1S/C10H18N2O4S/c1-10(2,3)8-11-16-9(13)12(8)6-5-7-17(4,14)15/h5-7H2,1-4H3. The van der Waals surface area contributed by atoms with Crippen LogP contribution in [0.1, 0.15) is 33.0 Å². The molecule has 0 spiro atoms. The zero-order chi connectivity index (χ0) is 13.3. The molecular formula is C10H18N2O4S. The SMILES string of the molecule is CC(C)(C)c1noc(=O)n1CCCS(C)(=O)=O. The Labute approximate surface area is 101 Å². The minimum atomic E-state index is -3.00. The summed E-state index contributed by atoms with van der Waals surface area (Å²) >= 11 is 0. The third-order valence-electron chi connectivity index (χ3n) is 2.25. The zero-order valence-electron chi connectivity index (χ0n) is 10.6. The lowest BCUT2D eigenvalue weighted by molar-refractivity contribution is 0.366. The van der Waals surface area contributed by atoms with Crippen LogP contribution in [0.2, 0.25) is 0 Å². The second kappa shape index (κ2) is 4.64. The molecule has 17 heavy (non-hydrogen) atoms. The van der Waals surface area contributed by atoms with Gasteiger partial charge in [-0.2, -0.15) is 0 Å². The number of hydrogen-bond donors (Lipinski definition) is 0. The van der Waals surface area contributed by atoms with E-state index in [1.165, 1.54) is 10.8 Å². The summed E-state index contributed by atoms with van der Waals surface area (Å²) in [5.41, 5.74) is -0.308. The fourth-order valence-electron chi connectivity index (χ4n) is 1.49. The largest absolute Gasteiger partial charge is 0.441 e. The van der Waals surface area contributed by atoms with Crippen molar-refractivity contribution in [3.63, 3.8) is 0 Å². The first-order valence-corrected chi connectivity index (χ1v) is 7.42. The highest BCUT2D eigenvalue weighted by molar-refractivity contribution is 7.90. The Morgan fingerprint density at radius 2 is 1.94 bits per heavy atom. The van der Waals surface area contributed by atoms with E-state index < -0.39 is 15.6 Å². The van der Waals surface area contributed by atoms with Gasteiger partial charge in [-0.1, -0.05) is 25.9 Å². The fourth-order valence-corrected chi connectivity index (χ4v) is 2.14. The van der Waals surface area contributed by atoms with Crippen LogP contribution in [0, 0.1) is 0 Å². The van der Waals surface area contributed by atoms with Gasteiger partial charge in [-0.25, -0.2) is 13.2 Å². The van der Waals surface area contributed by atoms with Gasteiger partial charge in [-0.15, -0.1) is 0 Å². The molecular weight excluding hydrogens is 244 g/mol. The van der Waals surface area contributed by atoms with Gasteiger partial charge in [0.1, 0.15) is 9.84 Å². The number of nitrogens with zero attached hydrogens (tertiary/aromatic N) is 2. The van der Waals surface area contributed by atoms with Crippen molar-refractivity contribution in [3.05, 3.63) is 16.4 Å². The van der Waals surface area contributed by atoms with Crippen molar-refractivity contribution >= 4 is 9.84 Å². The highest BCUT2D eigenvalue weighted by Gasteiger charge is 2.23. The maximum absolute atomic E-state index is 11.4. The van der Waals surface area contributed by atoms with Crippen LogP contribution in [-0.4, -0.2) is 30.2 Å². The first kappa shape index (κ1) is 14.0. The van der Waals surface area contributed by atoms with E-state index in [1.54, 1.807) is 0 Å². The van der Waals surface area contributed by atoms with Crippen LogP contribution in [-0.2, 0) is 21.8 Å². The molecule has 98 valence electrons. The summed E-state index contributed by atoms with van der Waals surface area (Å²) < 4.78 is 28.0. The van der Waals surface area contributed by atoms with Gasteiger partial charge < -0.3 is 0 Å². The van der Waals surface area contributed by atoms with E-state index in [9.17, 15) is 13.2 Å². The van der Waals surface area contributed by atoms with Crippen LogP contribution in [0.3, 0.4) is 0 Å². The van der Waals surface area contributed by atoms with Gasteiger partial charge in [0.2, 0.25) is 0 Å². The molecule has 0 bridgehead atoms. The van der Waals surface area contributed by atoms with Crippen molar-refractivity contribution in [2.45, 2.75) is 39.2 Å². The summed E-state index contributed by atoms with van der Waals surface area (Å²) in [6.45, 7) is 6.05. The molecule has 0 radical (unpaired) electrons. The molecule has 1 rings (SSSR count). The quantitative estimate of drug-likeness (QED) is 0.792. The number of hydrogen-bond acceptors (Lipinski definition) is 5. The summed E-state index contributed by atoms with van der Waals surface area (Å²) in [6.07, 6.45) is 1.55. The molecule has 0 amide bonds. The van der Waals surface area contributed by atoms with Gasteiger partial charge >= 0.3 is 5.76 Å². The van der Waals surface area contributed by atoms with Gasteiger partial charge in [0.05, 0.1) is 5.75 Å². The Balaban J connectivity index is 2.85. The molecule has 6 nitrogen and oxygen atoms in total. The molecule has 0 saturated carbocycles. The zero-order valence-corrected chi connectivity index (χ0v) is 11.4. The molecule has 0 saturated heterocycles. The van der Waals surface area contributed by atoms with Gasteiger partial charge in [0, 0.05) is 18.2 Å². The van der Waals surface area contributed by atoms with E-state index in [-0.39, 0.29) is 11.2 Å². The minimum Gasteiger partial charge on any atom is -0.296 e. The third kappa shape index (κ3) is 3.99. The molecule has 0 N–H and O–H groups in total. The van der Waals surface area contributed by atoms with Crippen molar-refractivity contribution in [2.75, 3.05) is 12.0 Å². The van der Waals surface area contributed by atoms with Crippen LogP contribution >= 0.6 is 0 Å². The topological polar surface area (TPSA) is 82.2 Å². The summed E-state index contributed by atoms with van der Waals surface area (Å²) in [5, 5.41) is 3.73. The van der Waals surface area contributed by atoms with Gasteiger partial charge in [0.15, 0.2) is 5.82 Å². The van der Waals surface area contributed by atoms with E-state index in [0.717, 1.165) is 0 Å². The van der Waals surface area contributed by atoms with Gasteiger partial charge in [-0.3, -0.25) is 9.09 Å². The second-order valence-electron chi connectivity index (χ2n) is 5.16. The highest BCUT2D eigenvalue weighted by Crippen LogP contribution is 2.18. The molecule has 1 aromatic rings. The van der Waals surface area contributed by atoms with E-state index >= 15 is 0 Å². The fraction of sp³-hybridized carbons (Fsp3) is 0.800. The third-order valence-corrected chi connectivity index (χ3v) is 3.28. The molecule has 0 fully saturated rings. The van der Waals surface area contributed by atoms with E-state index in [1.807, 2.05) is 20.8 Å². The maximum atomic E-state index is 11.4. The monoisotopic (exact) mass is 262 g/mol. The van der Waals surface area contributed by atoms with E-state index in [2.05, 4.69) is 9.68 Å². The average molecular weight is 262 g/mol. The van der Waals surface area contributed by atoms with Crippen LogP contribution in [0.5, 0.6) is 0 Å². The lowest BCUT2D eigenvalue weighted by atomic mass is 9.96. The van der Waals surface area contributed by atoms with Crippen molar-refractivity contribution in [1.82, 2.24) is 9.72 Å². The van der Waals surface area contributed by atoms with Crippen LogP contribution in [0.4, 0.5) is 0 Å². The van der Waals surface area contributed by atoms with E-state index in [0.29, 0.717) is 18.8 Å². The average Bonchev–Trinajstić information content (AvgIpc) is 2.45. The highest BCUT2D eigenvalue weighted by atomic mass is 32.2. The van der Waals surface area contributed by atoms with Gasteiger partial charge in [-0.05, 0) is 6.42 Å². The molecule has 0 atom stereocenters. The van der Waals surface area contributed by atoms with Crippen LogP contribution in [0.25, 0.3) is 0 Å². The predicted octanol–water partition coefficient (Wildman–Crippen LogP) is 0.569. The van der Waals surface area contributed by atoms with Crippen molar-refractivity contribution < 1.29 is 12.9 Å². The summed E-state index contributed by atoms with van der Waals surface area (Å²) in [6, 6.07) is 0. The molecule has 1 heterocycles. The Morgan fingerprint density at radius 1 is 1.35 bits per heavy atom. The Kier molecular flexibility index (Phi) is 3.81. The maximum Gasteiger partial charge on any atom is 0.441 e. The summed E-state index contributed by atoms with van der Waals surface area (Å²) in [7, 11) is -3.00. The molecule has 0 aromatic carbocycles. The van der Waals surface area contributed by atoms with Crippen LogP contribution < -0.4 is 5.76 Å². The first-order valence-electron chi connectivity index (χ1n) is 5.36. The summed E-state index contributed by atoms with van der Waals surface area (Å²) in [4.78, 5) is 11.4. The minimum absolute atomic E-state index is 0.0498. The summed E-state index contributed by atoms with van der Waals surface area (Å²) in [5.74, 6) is 0.0493. The van der Waals surface area contributed by atoms with Crippen molar-refractivity contribution in [2.24, 2.45) is 0 Å². The number of aromatic nitrogens is 2. The molecule has 0 aliphatic rings. The number of sulfone groups is 1. The Bertz CT molecular complexity index is 533. The molecule has 0 aliphatic carbocycles. The van der Waals surface area contributed by atoms with Crippen molar-refractivity contribution in [3.8, 4) is 0 Å². The molecule has 0 aliphatic heterocycles.